The molecular weight excluding hydrogens is 378 g/mol. The maximum absolute atomic E-state index is 13.2. The van der Waals surface area contributed by atoms with Gasteiger partial charge in [0.25, 0.3) is 5.91 Å². The van der Waals surface area contributed by atoms with Crippen molar-refractivity contribution in [2.75, 3.05) is 13.2 Å². The van der Waals surface area contributed by atoms with Crippen molar-refractivity contribution in [3.63, 3.8) is 0 Å². The molecular formula is C21H25NO5S. The fourth-order valence-electron chi connectivity index (χ4n) is 3.53. The van der Waals surface area contributed by atoms with E-state index in [2.05, 4.69) is 26.0 Å². The SMILES string of the molecule is CC(C)c1ccc(-c2ccc(S(=O)(=O)C3(C(=O)NO)CCOCC3)cc2)cc1. The molecule has 1 fully saturated rings. The summed E-state index contributed by atoms with van der Waals surface area (Å²) in [5.41, 5.74) is 4.64. The number of carbonyl (C=O) groups excluding carboxylic acids is 1. The van der Waals surface area contributed by atoms with Crippen LogP contribution in [0.3, 0.4) is 0 Å². The molecule has 1 saturated heterocycles. The minimum absolute atomic E-state index is 0.000141. The van der Waals surface area contributed by atoms with Crippen molar-refractivity contribution in [2.45, 2.75) is 42.2 Å². The van der Waals surface area contributed by atoms with Gasteiger partial charge in [-0.2, -0.15) is 0 Å². The van der Waals surface area contributed by atoms with Gasteiger partial charge in [0.2, 0.25) is 0 Å². The minimum atomic E-state index is -4.00. The number of rotatable bonds is 5. The van der Waals surface area contributed by atoms with Crippen molar-refractivity contribution < 1.29 is 23.2 Å². The fourth-order valence-corrected chi connectivity index (χ4v) is 5.47. The van der Waals surface area contributed by atoms with Gasteiger partial charge in [0.1, 0.15) is 0 Å². The summed E-state index contributed by atoms with van der Waals surface area (Å²) in [6, 6.07) is 14.7. The molecule has 0 radical (unpaired) electrons. The Kier molecular flexibility index (Phi) is 5.88. The molecule has 1 aliphatic heterocycles. The van der Waals surface area contributed by atoms with E-state index >= 15 is 0 Å². The van der Waals surface area contributed by atoms with E-state index in [1.807, 2.05) is 12.1 Å². The summed E-state index contributed by atoms with van der Waals surface area (Å²) >= 11 is 0. The summed E-state index contributed by atoms with van der Waals surface area (Å²) in [6.07, 6.45) is 0.000283. The lowest BCUT2D eigenvalue weighted by molar-refractivity contribution is -0.134. The first-order valence-electron chi connectivity index (χ1n) is 9.29. The second kappa shape index (κ2) is 8.03. The van der Waals surface area contributed by atoms with E-state index in [1.165, 1.54) is 23.2 Å². The molecule has 150 valence electrons. The van der Waals surface area contributed by atoms with E-state index in [9.17, 15) is 13.2 Å². The standard InChI is InChI=1S/C21H25NO5S/c1-15(2)16-3-5-17(6-4-16)18-7-9-19(10-8-18)28(25,26)21(20(23)22-24)11-13-27-14-12-21/h3-10,15,24H,11-14H2,1-2H3,(H,22,23). The zero-order chi connectivity index (χ0) is 20.4. The molecule has 0 unspecified atom stereocenters. The van der Waals surface area contributed by atoms with Gasteiger partial charge in [-0.15, -0.1) is 0 Å². The van der Waals surface area contributed by atoms with Crippen LogP contribution in [0.2, 0.25) is 0 Å². The molecule has 0 saturated carbocycles. The molecule has 0 aliphatic carbocycles. The molecule has 2 N–H and O–H groups in total. The molecule has 1 heterocycles. The van der Waals surface area contributed by atoms with Crippen LogP contribution in [-0.2, 0) is 19.4 Å². The van der Waals surface area contributed by atoms with E-state index in [4.69, 9.17) is 9.94 Å². The summed E-state index contributed by atoms with van der Waals surface area (Å²) in [5.74, 6) is -0.473. The van der Waals surface area contributed by atoms with Crippen LogP contribution in [0.4, 0.5) is 0 Å². The van der Waals surface area contributed by atoms with E-state index in [0.29, 0.717) is 5.92 Å². The van der Waals surface area contributed by atoms with Gasteiger partial charge in [0.05, 0.1) is 4.90 Å². The Bertz CT molecular complexity index is 928. The molecule has 0 atom stereocenters. The van der Waals surface area contributed by atoms with Crippen LogP contribution in [0.15, 0.2) is 53.4 Å². The molecule has 1 aliphatic rings. The molecule has 0 bridgehead atoms. The Labute approximate surface area is 165 Å². The third-order valence-corrected chi connectivity index (χ3v) is 7.92. The van der Waals surface area contributed by atoms with Gasteiger partial charge in [0, 0.05) is 13.2 Å². The van der Waals surface area contributed by atoms with Gasteiger partial charge in [0.15, 0.2) is 14.6 Å². The molecule has 6 nitrogen and oxygen atoms in total. The Morgan fingerprint density at radius 2 is 1.50 bits per heavy atom. The monoisotopic (exact) mass is 403 g/mol. The van der Waals surface area contributed by atoms with Gasteiger partial charge in [-0.1, -0.05) is 50.2 Å². The summed E-state index contributed by atoms with van der Waals surface area (Å²) in [4.78, 5) is 12.3. The highest BCUT2D eigenvalue weighted by atomic mass is 32.2. The maximum Gasteiger partial charge on any atom is 0.265 e. The highest BCUT2D eigenvalue weighted by molar-refractivity contribution is 7.93. The topological polar surface area (TPSA) is 92.7 Å². The van der Waals surface area contributed by atoms with Crippen molar-refractivity contribution in [3.8, 4) is 11.1 Å². The van der Waals surface area contributed by atoms with Crippen LogP contribution in [0, 0.1) is 0 Å². The number of hydroxylamine groups is 1. The molecule has 28 heavy (non-hydrogen) atoms. The Balaban J connectivity index is 1.94. The van der Waals surface area contributed by atoms with Crippen LogP contribution < -0.4 is 5.48 Å². The smallest absolute Gasteiger partial charge is 0.265 e. The second-order valence-corrected chi connectivity index (χ2v) is 9.61. The average molecular weight is 404 g/mol. The van der Waals surface area contributed by atoms with Crippen LogP contribution >= 0.6 is 0 Å². The van der Waals surface area contributed by atoms with Crippen molar-refractivity contribution >= 4 is 15.7 Å². The summed E-state index contributed by atoms with van der Waals surface area (Å²) < 4.78 is 30.0. The molecule has 0 spiro atoms. The van der Waals surface area contributed by atoms with Crippen molar-refractivity contribution in [3.05, 3.63) is 54.1 Å². The first-order valence-corrected chi connectivity index (χ1v) is 10.8. The molecule has 3 rings (SSSR count). The number of ether oxygens (including phenoxy) is 1. The fraction of sp³-hybridized carbons (Fsp3) is 0.381. The minimum Gasteiger partial charge on any atom is -0.381 e. The van der Waals surface area contributed by atoms with Gasteiger partial charge in [-0.25, -0.2) is 13.9 Å². The predicted molar refractivity (Wildman–Crippen MR) is 106 cm³/mol. The predicted octanol–water partition coefficient (Wildman–Crippen LogP) is 3.31. The Hall–Kier alpha value is -2.22. The van der Waals surface area contributed by atoms with Gasteiger partial charge in [-0.05, 0) is 47.6 Å². The number of sulfone groups is 1. The van der Waals surface area contributed by atoms with Crippen LogP contribution in [0.5, 0.6) is 0 Å². The number of carbonyl (C=O) groups is 1. The lowest BCUT2D eigenvalue weighted by Crippen LogP contribution is -2.54. The third-order valence-electron chi connectivity index (χ3n) is 5.41. The van der Waals surface area contributed by atoms with Crippen molar-refractivity contribution in [1.29, 1.82) is 0 Å². The van der Waals surface area contributed by atoms with Gasteiger partial charge in [-0.3, -0.25) is 10.0 Å². The molecule has 0 aromatic heterocycles. The molecule has 7 heteroatoms. The third kappa shape index (κ3) is 3.57. The number of hydrogen-bond donors (Lipinski definition) is 2. The highest BCUT2D eigenvalue weighted by Gasteiger charge is 2.52. The summed E-state index contributed by atoms with van der Waals surface area (Å²) in [5, 5.41) is 9.11. The van der Waals surface area contributed by atoms with Gasteiger partial charge >= 0.3 is 0 Å². The number of amides is 1. The van der Waals surface area contributed by atoms with Crippen LogP contribution in [-0.4, -0.2) is 37.5 Å². The van der Waals surface area contributed by atoms with Crippen LogP contribution in [0.1, 0.15) is 38.2 Å². The Morgan fingerprint density at radius 1 is 1.00 bits per heavy atom. The summed E-state index contributed by atoms with van der Waals surface area (Å²) in [6.45, 7) is 4.55. The van der Waals surface area contributed by atoms with E-state index in [0.717, 1.165) is 11.1 Å². The van der Waals surface area contributed by atoms with Crippen LogP contribution in [0.25, 0.3) is 11.1 Å². The maximum atomic E-state index is 13.2. The lowest BCUT2D eigenvalue weighted by Gasteiger charge is -2.34. The average Bonchev–Trinajstić information content (AvgIpc) is 2.73. The first kappa shape index (κ1) is 20.5. The largest absolute Gasteiger partial charge is 0.381 e. The zero-order valence-corrected chi connectivity index (χ0v) is 16.8. The number of nitrogens with one attached hydrogen (secondary N) is 1. The van der Waals surface area contributed by atoms with Crippen molar-refractivity contribution in [2.24, 2.45) is 0 Å². The molecule has 2 aromatic rings. The first-order chi connectivity index (χ1) is 13.3. The van der Waals surface area contributed by atoms with Crippen molar-refractivity contribution in [1.82, 2.24) is 5.48 Å². The lowest BCUT2D eigenvalue weighted by atomic mass is 9.98. The highest BCUT2D eigenvalue weighted by Crippen LogP contribution is 2.36. The van der Waals surface area contributed by atoms with Gasteiger partial charge < -0.3 is 4.74 Å². The van der Waals surface area contributed by atoms with E-state index in [-0.39, 0.29) is 31.0 Å². The quantitative estimate of drug-likeness (QED) is 0.590. The molecule has 2 aromatic carbocycles. The molecule has 1 amide bonds. The number of benzene rings is 2. The number of hydrogen-bond acceptors (Lipinski definition) is 5. The summed E-state index contributed by atoms with van der Waals surface area (Å²) in [7, 11) is -4.00. The zero-order valence-electron chi connectivity index (χ0n) is 16.0. The van der Waals surface area contributed by atoms with E-state index in [1.54, 1.807) is 12.1 Å². The normalized spacial score (nSPS) is 16.7. The van der Waals surface area contributed by atoms with E-state index < -0.39 is 20.5 Å². The Morgan fingerprint density at radius 3 is 1.96 bits per heavy atom. The second-order valence-electron chi connectivity index (χ2n) is 7.35.